The third-order valence-corrected chi connectivity index (χ3v) is 3.58. The molecule has 0 aromatic heterocycles. The van der Waals surface area contributed by atoms with Crippen LogP contribution in [-0.4, -0.2) is 54.9 Å². The normalized spacial score (nSPS) is 25.6. The molecule has 2 heterocycles. The summed E-state index contributed by atoms with van der Waals surface area (Å²) in [5.41, 5.74) is -0.412. The molecule has 110 valence electrons. The molecule has 2 aliphatic rings. The Kier molecular flexibility index (Phi) is 4.68. The van der Waals surface area contributed by atoms with Gasteiger partial charge in [-0.2, -0.15) is 0 Å². The van der Waals surface area contributed by atoms with Gasteiger partial charge in [-0.15, -0.1) is 0 Å². The molecule has 0 radical (unpaired) electrons. The Balaban J connectivity index is 1.86. The van der Waals surface area contributed by atoms with Crippen molar-refractivity contribution in [2.75, 3.05) is 26.2 Å². The van der Waals surface area contributed by atoms with E-state index in [1.165, 1.54) is 6.42 Å². The van der Waals surface area contributed by atoms with Gasteiger partial charge in [0.05, 0.1) is 0 Å². The second kappa shape index (κ2) is 6.09. The number of hydrogen-bond donors (Lipinski definition) is 2. The summed E-state index contributed by atoms with van der Waals surface area (Å²) in [4.78, 5) is 14.0. The quantitative estimate of drug-likeness (QED) is 0.794. The van der Waals surface area contributed by atoms with Crippen molar-refractivity contribution in [2.45, 2.75) is 57.7 Å². The van der Waals surface area contributed by atoms with Gasteiger partial charge in [-0.05, 0) is 33.6 Å². The van der Waals surface area contributed by atoms with E-state index in [1.807, 2.05) is 25.7 Å². The van der Waals surface area contributed by atoms with E-state index in [-0.39, 0.29) is 6.09 Å². The van der Waals surface area contributed by atoms with Gasteiger partial charge in [0.15, 0.2) is 0 Å². The first-order chi connectivity index (χ1) is 8.94. The summed E-state index contributed by atoms with van der Waals surface area (Å²) in [5.74, 6) is 0. The molecular formula is C14H27N3O2. The monoisotopic (exact) mass is 269 g/mol. The summed E-state index contributed by atoms with van der Waals surface area (Å²) in [6.45, 7) is 9.42. The summed E-state index contributed by atoms with van der Waals surface area (Å²) >= 11 is 0. The van der Waals surface area contributed by atoms with Crippen molar-refractivity contribution in [2.24, 2.45) is 0 Å². The maximum atomic E-state index is 12.1. The highest BCUT2D eigenvalue weighted by Crippen LogP contribution is 2.16. The number of nitrogens with one attached hydrogen (secondary N) is 2. The van der Waals surface area contributed by atoms with Crippen molar-refractivity contribution in [1.29, 1.82) is 0 Å². The van der Waals surface area contributed by atoms with Crippen LogP contribution in [0.25, 0.3) is 0 Å². The zero-order valence-electron chi connectivity index (χ0n) is 12.4. The minimum absolute atomic E-state index is 0.173. The van der Waals surface area contributed by atoms with Crippen LogP contribution in [0.3, 0.4) is 0 Å². The molecule has 2 saturated heterocycles. The Hall–Kier alpha value is -0.810. The van der Waals surface area contributed by atoms with Crippen LogP contribution in [0.1, 0.15) is 40.0 Å². The molecule has 2 N–H and O–H groups in total. The molecule has 0 spiro atoms. The Morgan fingerprint density at radius 3 is 2.58 bits per heavy atom. The number of likely N-dealkylation sites (tertiary alicyclic amines) is 1. The molecule has 19 heavy (non-hydrogen) atoms. The number of nitrogens with zero attached hydrogens (tertiary/aromatic N) is 1. The van der Waals surface area contributed by atoms with Gasteiger partial charge in [-0.1, -0.05) is 6.42 Å². The van der Waals surface area contributed by atoms with Crippen LogP contribution in [-0.2, 0) is 4.74 Å². The highest BCUT2D eigenvalue weighted by atomic mass is 16.6. The molecule has 5 heteroatoms. The first kappa shape index (κ1) is 14.6. The lowest BCUT2D eigenvalue weighted by Gasteiger charge is -2.34. The Bertz CT molecular complexity index is 310. The standard InChI is InChI=1S/C14H27N3O2/c1-14(2,3)19-13(18)17-7-5-4-6-11(10-17)16-12-8-15-9-12/h11-12,15-16H,4-10H2,1-3H3. The van der Waals surface area contributed by atoms with Gasteiger partial charge in [-0.3, -0.25) is 0 Å². The second-order valence-electron chi connectivity index (χ2n) is 6.64. The minimum Gasteiger partial charge on any atom is -0.444 e. The van der Waals surface area contributed by atoms with E-state index < -0.39 is 5.60 Å². The average Bonchev–Trinajstić information content (AvgIpc) is 2.46. The highest BCUT2D eigenvalue weighted by molar-refractivity contribution is 5.68. The van der Waals surface area contributed by atoms with Crippen molar-refractivity contribution in [3.05, 3.63) is 0 Å². The zero-order chi connectivity index (χ0) is 13.9. The molecule has 5 nitrogen and oxygen atoms in total. The molecule has 1 unspecified atom stereocenters. The maximum absolute atomic E-state index is 12.1. The summed E-state index contributed by atoms with van der Waals surface area (Å²) in [6.07, 6.45) is 3.22. The van der Waals surface area contributed by atoms with Gasteiger partial charge < -0.3 is 20.3 Å². The highest BCUT2D eigenvalue weighted by Gasteiger charge is 2.28. The molecule has 0 aromatic carbocycles. The van der Waals surface area contributed by atoms with Crippen LogP contribution in [0.2, 0.25) is 0 Å². The predicted molar refractivity (Wildman–Crippen MR) is 75.2 cm³/mol. The number of ether oxygens (including phenoxy) is 1. The van der Waals surface area contributed by atoms with E-state index in [0.717, 1.165) is 39.0 Å². The van der Waals surface area contributed by atoms with E-state index in [4.69, 9.17) is 4.74 Å². The van der Waals surface area contributed by atoms with Crippen molar-refractivity contribution in [1.82, 2.24) is 15.5 Å². The van der Waals surface area contributed by atoms with Gasteiger partial charge in [0, 0.05) is 38.3 Å². The van der Waals surface area contributed by atoms with Crippen LogP contribution < -0.4 is 10.6 Å². The molecule has 2 fully saturated rings. The third-order valence-electron chi connectivity index (χ3n) is 3.58. The van der Waals surface area contributed by atoms with Gasteiger partial charge in [0.1, 0.15) is 5.60 Å². The van der Waals surface area contributed by atoms with Crippen LogP contribution in [0.5, 0.6) is 0 Å². The Morgan fingerprint density at radius 1 is 1.26 bits per heavy atom. The molecule has 1 amide bonds. The maximum Gasteiger partial charge on any atom is 0.410 e. The summed E-state index contributed by atoms with van der Waals surface area (Å²) in [7, 11) is 0. The van der Waals surface area contributed by atoms with Crippen LogP contribution in [0.15, 0.2) is 0 Å². The van der Waals surface area contributed by atoms with Crippen LogP contribution in [0.4, 0.5) is 4.79 Å². The Labute approximate surface area is 116 Å². The fourth-order valence-corrected chi connectivity index (χ4v) is 2.51. The zero-order valence-corrected chi connectivity index (χ0v) is 12.4. The topological polar surface area (TPSA) is 53.6 Å². The molecular weight excluding hydrogens is 242 g/mol. The second-order valence-corrected chi connectivity index (χ2v) is 6.64. The summed E-state index contributed by atoms with van der Waals surface area (Å²) < 4.78 is 5.47. The lowest BCUT2D eigenvalue weighted by Crippen LogP contribution is -2.59. The average molecular weight is 269 g/mol. The van der Waals surface area contributed by atoms with E-state index in [0.29, 0.717) is 12.1 Å². The summed E-state index contributed by atoms with van der Waals surface area (Å²) in [5, 5.41) is 6.89. The fraction of sp³-hybridized carbons (Fsp3) is 0.929. The molecule has 0 bridgehead atoms. The number of carbonyl (C=O) groups excluding carboxylic acids is 1. The fourth-order valence-electron chi connectivity index (χ4n) is 2.51. The minimum atomic E-state index is -0.412. The van der Waals surface area contributed by atoms with Gasteiger partial charge in [0.25, 0.3) is 0 Å². The van der Waals surface area contributed by atoms with E-state index in [9.17, 15) is 4.79 Å². The van der Waals surface area contributed by atoms with E-state index in [1.54, 1.807) is 0 Å². The molecule has 0 aliphatic carbocycles. The third kappa shape index (κ3) is 4.66. The molecule has 2 rings (SSSR count). The van der Waals surface area contributed by atoms with E-state index in [2.05, 4.69) is 10.6 Å². The lowest BCUT2D eigenvalue weighted by atomic mass is 10.1. The Morgan fingerprint density at radius 2 is 2.00 bits per heavy atom. The van der Waals surface area contributed by atoms with Gasteiger partial charge >= 0.3 is 6.09 Å². The van der Waals surface area contributed by atoms with Crippen molar-refractivity contribution in [3.63, 3.8) is 0 Å². The van der Waals surface area contributed by atoms with Crippen LogP contribution in [0, 0.1) is 0 Å². The molecule has 0 aromatic rings. The molecule has 0 saturated carbocycles. The summed E-state index contributed by atoms with van der Waals surface area (Å²) in [6, 6.07) is 0.978. The smallest absolute Gasteiger partial charge is 0.410 e. The first-order valence-electron chi connectivity index (χ1n) is 7.39. The number of hydrogen-bond acceptors (Lipinski definition) is 4. The SMILES string of the molecule is CC(C)(C)OC(=O)N1CCCCC(NC2CNC2)C1. The van der Waals surface area contributed by atoms with Gasteiger partial charge in [-0.25, -0.2) is 4.79 Å². The van der Waals surface area contributed by atoms with Gasteiger partial charge in [0.2, 0.25) is 0 Å². The van der Waals surface area contributed by atoms with Crippen molar-refractivity contribution < 1.29 is 9.53 Å². The van der Waals surface area contributed by atoms with Crippen LogP contribution >= 0.6 is 0 Å². The largest absolute Gasteiger partial charge is 0.444 e. The first-order valence-corrected chi connectivity index (χ1v) is 7.39. The number of rotatable bonds is 2. The molecule has 1 atom stereocenters. The number of carbonyl (C=O) groups is 1. The van der Waals surface area contributed by atoms with E-state index >= 15 is 0 Å². The number of amides is 1. The lowest BCUT2D eigenvalue weighted by molar-refractivity contribution is 0.0240. The van der Waals surface area contributed by atoms with Crippen molar-refractivity contribution in [3.8, 4) is 0 Å². The van der Waals surface area contributed by atoms with Crippen molar-refractivity contribution >= 4 is 6.09 Å². The predicted octanol–water partition coefficient (Wildman–Crippen LogP) is 1.34. The molecule has 2 aliphatic heterocycles.